The van der Waals surface area contributed by atoms with Crippen LogP contribution in [0, 0.1) is 0 Å². The molecule has 28 heavy (non-hydrogen) atoms. The molecule has 0 radical (unpaired) electrons. The van der Waals surface area contributed by atoms with Crippen molar-refractivity contribution in [2.75, 3.05) is 22.4 Å². The first kappa shape index (κ1) is 20.1. The molecule has 2 aromatic carbocycles. The fraction of sp³-hybridized carbons (Fsp3) is 0.263. The van der Waals surface area contributed by atoms with Crippen LogP contribution in [0.2, 0.25) is 0 Å². The van der Waals surface area contributed by atoms with E-state index in [1.165, 1.54) is 4.31 Å². The molecular weight excluding hydrogens is 398 g/mol. The Morgan fingerprint density at radius 1 is 1.14 bits per heavy atom. The van der Waals surface area contributed by atoms with Crippen LogP contribution in [0.3, 0.4) is 0 Å². The van der Waals surface area contributed by atoms with E-state index in [-0.39, 0.29) is 10.8 Å². The average Bonchev–Trinajstić information content (AvgIpc) is 2.95. The number of amides is 1. The lowest BCUT2D eigenvalue weighted by Gasteiger charge is -2.20. The van der Waals surface area contributed by atoms with Gasteiger partial charge in [0.2, 0.25) is 10.0 Å². The van der Waals surface area contributed by atoms with E-state index < -0.39 is 10.0 Å². The van der Waals surface area contributed by atoms with Crippen LogP contribution in [0.15, 0.2) is 47.3 Å². The molecule has 3 rings (SSSR count). The van der Waals surface area contributed by atoms with Gasteiger partial charge in [-0.1, -0.05) is 11.3 Å². The topological polar surface area (TPSA) is 88.5 Å². The molecule has 148 valence electrons. The average molecular weight is 420 g/mol. The summed E-state index contributed by atoms with van der Waals surface area (Å²) in [6, 6.07) is 11.7. The Morgan fingerprint density at radius 3 is 2.39 bits per heavy atom. The molecule has 1 amide bonds. The van der Waals surface area contributed by atoms with Crippen LogP contribution in [-0.4, -0.2) is 31.7 Å². The number of sulfonamides is 1. The van der Waals surface area contributed by atoms with Crippen LogP contribution in [0.4, 0.5) is 11.4 Å². The summed E-state index contributed by atoms with van der Waals surface area (Å²) in [7, 11) is -3.37. The van der Waals surface area contributed by atoms with Crippen molar-refractivity contribution in [3.63, 3.8) is 0 Å². The maximum atomic E-state index is 12.5. The fourth-order valence-electron chi connectivity index (χ4n) is 3.03. The summed E-state index contributed by atoms with van der Waals surface area (Å²) in [5, 5.41) is 2.81. The normalized spacial score (nSPS) is 11.5. The minimum absolute atomic E-state index is 0.0251. The van der Waals surface area contributed by atoms with Gasteiger partial charge in [-0.05, 0) is 56.3 Å². The number of hydrogen-bond acceptors (Lipinski definition) is 5. The van der Waals surface area contributed by atoms with E-state index >= 15 is 0 Å². The summed E-state index contributed by atoms with van der Waals surface area (Å²) in [5.74, 6) is -0.310. The van der Waals surface area contributed by atoms with Gasteiger partial charge in [0.25, 0.3) is 5.91 Å². The van der Waals surface area contributed by atoms with Crippen molar-refractivity contribution < 1.29 is 13.2 Å². The van der Waals surface area contributed by atoms with Crippen molar-refractivity contribution in [1.82, 2.24) is 4.57 Å². The number of thiazole rings is 1. The lowest BCUT2D eigenvalue weighted by Crippen LogP contribution is -2.29. The van der Waals surface area contributed by atoms with Crippen LogP contribution in [0.1, 0.15) is 24.2 Å². The molecule has 0 fully saturated rings. The van der Waals surface area contributed by atoms with Crippen LogP contribution in [0.25, 0.3) is 10.2 Å². The van der Waals surface area contributed by atoms with E-state index in [1.807, 2.05) is 13.0 Å². The van der Waals surface area contributed by atoms with Gasteiger partial charge in [-0.2, -0.15) is 0 Å². The largest absolute Gasteiger partial charge is 0.322 e. The van der Waals surface area contributed by atoms with Crippen LogP contribution in [0.5, 0.6) is 0 Å². The van der Waals surface area contributed by atoms with Gasteiger partial charge in [-0.15, -0.1) is 0 Å². The molecule has 1 aromatic heterocycles. The molecule has 0 bridgehead atoms. The van der Waals surface area contributed by atoms with Gasteiger partial charge in [0.05, 0.1) is 22.2 Å². The Hall–Kier alpha value is -2.65. The maximum absolute atomic E-state index is 12.5. The van der Waals surface area contributed by atoms with Gasteiger partial charge >= 0.3 is 4.87 Å². The molecule has 0 spiro atoms. The van der Waals surface area contributed by atoms with E-state index in [0.29, 0.717) is 30.0 Å². The van der Waals surface area contributed by atoms with Crippen LogP contribution in [-0.2, 0) is 16.6 Å². The number of rotatable bonds is 6. The number of benzene rings is 2. The maximum Gasteiger partial charge on any atom is 0.308 e. The number of carbonyl (C=O) groups excluding carboxylic acids is 1. The number of aryl methyl sites for hydroxylation is 1. The minimum Gasteiger partial charge on any atom is -0.322 e. The summed E-state index contributed by atoms with van der Waals surface area (Å²) in [4.78, 5) is 24.4. The molecule has 0 aliphatic heterocycles. The number of nitrogens with zero attached hydrogens (tertiary/aromatic N) is 2. The van der Waals surface area contributed by atoms with Gasteiger partial charge in [-0.25, -0.2) is 8.42 Å². The molecule has 0 aliphatic carbocycles. The zero-order valence-corrected chi connectivity index (χ0v) is 17.4. The lowest BCUT2D eigenvalue weighted by atomic mass is 10.2. The molecular formula is C19H21N3O4S2. The Balaban J connectivity index is 1.81. The summed E-state index contributed by atoms with van der Waals surface area (Å²) < 4.78 is 27.4. The smallest absolute Gasteiger partial charge is 0.308 e. The van der Waals surface area contributed by atoms with Gasteiger partial charge in [0, 0.05) is 24.3 Å². The summed E-state index contributed by atoms with van der Waals surface area (Å²) >= 11 is 1.14. The quantitative estimate of drug-likeness (QED) is 0.665. The van der Waals surface area contributed by atoms with Gasteiger partial charge in [0.15, 0.2) is 0 Å². The SMILES string of the molecule is CCN(c1ccc(C(=O)Nc2ccc3c(c2)sc(=O)n3CC)cc1)S(C)(=O)=O. The molecule has 0 saturated carbocycles. The van der Waals surface area contributed by atoms with Gasteiger partial charge in [0.1, 0.15) is 0 Å². The first-order valence-electron chi connectivity index (χ1n) is 8.77. The highest BCUT2D eigenvalue weighted by Gasteiger charge is 2.16. The number of aromatic nitrogens is 1. The molecule has 0 aliphatic rings. The van der Waals surface area contributed by atoms with E-state index in [1.54, 1.807) is 47.9 Å². The highest BCUT2D eigenvalue weighted by atomic mass is 32.2. The molecule has 0 saturated heterocycles. The Morgan fingerprint density at radius 2 is 1.82 bits per heavy atom. The number of fused-ring (bicyclic) bond motifs is 1. The van der Waals surface area contributed by atoms with Gasteiger partial charge in [-0.3, -0.25) is 18.5 Å². The van der Waals surface area contributed by atoms with E-state index in [2.05, 4.69) is 5.32 Å². The molecule has 7 nitrogen and oxygen atoms in total. The first-order chi connectivity index (χ1) is 13.2. The molecule has 1 N–H and O–H groups in total. The van der Waals surface area contributed by atoms with E-state index in [0.717, 1.165) is 27.8 Å². The van der Waals surface area contributed by atoms with Crippen LogP contribution < -0.4 is 14.5 Å². The first-order valence-corrected chi connectivity index (χ1v) is 11.4. The Bertz CT molecular complexity index is 1180. The van der Waals surface area contributed by atoms with Crippen molar-refractivity contribution >= 4 is 48.9 Å². The summed E-state index contributed by atoms with van der Waals surface area (Å²) in [6.07, 6.45) is 1.15. The van der Waals surface area contributed by atoms with Crippen molar-refractivity contribution in [1.29, 1.82) is 0 Å². The highest BCUT2D eigenvalue weighted by molar-refractivity contribution is 7.92. The second-order valence-corrected chi connectivity index (χ2v) is 9.12. The third-order valence-electron chi connectivity index (χ3n) is 4.35. The van der Waals surface area contributed by atoms with Gasteiger partial charge < -0.3 is 5.32 Å². The summed E-state index contributed by atoms with van der Waals surface area (Å²) in [6.45, 7) is 4.57. The highest BCUT2D eigenvalue weighted by Crippen LogP contribution is 2.23. The number of anilines is 2. The zero-order chi connectivity index (χ0) is 20.5. The molecule has 3 aromatic rings. The second-order valence-electron chi connectivity index (χ2n) is 6.22. The number of nitrogens with one attached hydrogen (secondary N) is 1. The molecule has 0 atom stereocenters. The van der Waals surface area contributed by atoms with E-state index in [4.69, 9.17) is 0 Å². The predicted molar refractivity (Wildman–Crippen MR) is 114 cm³/mol. The van der Waals surface area contributed by atoms with Crippen molar-refractivity contribution in [2.45, 2.75) is 20.4 Å². The zero-order valence-electron chi connectivity index (χ0n) is 15.8. The number of carbonyl (C=O) groups is 1. The number of hydrogen-bond donors (Lipinski definition) is 1. The Labute approximate surface area is 167 Å². The Kier molecular flexibility index (Phi) is 5.57. The standard InChI is InChI=1S/C19H21N3O4S2/c1-4-21-16-11-8-14(12-17(16)27-19(21)24)20-18(23)13-6-9-15(10-7-13)22(5-2)28(3,25)26/h6-12H,4-5H2,1-3H3,(H,20,23). The van der Waals surface area contributed by atoms with Crippen molar-refractivity contribution in [3.05, 3.63) is 57.7 Å². The molecule has 0 unspecified atom stereocenters. The third-order valence-corrected chi connectivity index (χ3v) is 6.56. The minimum atomic E-state index is -3.37. The summed E-state index contributed by atoms with van der Waals surface area (Å²) in [5.41, 5.74) is 2.36. The van der Waals surface area contributed by atoms with E-state index in [9.17, 15) is 18.0 Å². The van der Waals surface area contributed by atoms with Crippen molar-refractivity contribution in [3.8, 4) is 0 Å². The second kappa shape index (κ2) is 7.76. The predicted octanol–water partition coefficient (Wildman–Crippen LogP) is 3.12. The molecule has 1 heterocycles. The lowest BCUT2D eigenvalue weighted by molar-refractivity contribution is 0.102. The van der Waals surface area contributed by atoms with Crippen molar-refractivity contribution in [2.24, 2.45) is 0 Å². The monoisotopic (exact) mass is 419 g/mol. The molecule has 9 heteroatoms. The fourth-order valence-corrected chi connectivity index (χ4v) is 5.00. The third kappa shape index (κ3) is 3.95. The van der Waals surface area contributed by atoms with Crippen LogP contribution >= 0.6 is 11.3 Å².